The lowest BCUT2D eigenvalue weighted by molar-refractivity contribution is -0.112. The van der Waals surface area contributed by atoms with Crippen LogP contribution in [0.5, 0.6) is 11.5 Å². The SMILES string of the molecule is COC=CC(=O)Nc1ccc(N2CCN(C(=O)c3ccc(OC)c(OC)c3)CC2)cc1. The number of carbonyl (C=O) groups is 2. The zero-order chi connectivity index (χ0) is 22.2. The summed E-state index contributed by atoms with van der Waals surface area (Å²) in [6.45, 7) is 2.68. The molecule has 8 heteroatoms. The molecule has 0 unspecified atom stereocenters. The Hall–Kier alpha value is -3.68. The van der Waals surface area contributed by atoms with E-state index < -0.39 is 0 Å². The molecule has 2 aromatic rings. The molecule has 0 aromatic heterocycles. The van der Waals surface area contributed by atoms with Crippen molar-refractivity contribution in [3.8, 4) is 11.5 Å². The number of amides is 2. The minimum atomic E-state index is -0.253. The first-order valence-corrected chi connectivity index (χ1v) is 9.92. The van der Waals surface area contributed by atoms with E-state index in [9.17, 15) is 9.59 Å². The number of anilines is 2. The Balaban J connectivity index is 1.57. The van der Waals surface area contributed by atoms with Crippen LogP contribution in [0.15, 0.2) is 54.8 Å². The summed E-state index contributed by atoms with van der Waals surface area (Å²) in [5.74, 6) is 0.856. The molecule has 2 amide bonds. The molecule has 1 aliphatic heterocycles. The van der Waals surface area contributed by atoms with Crippen molar-refractivity contribution in [2.24, 2.45) is 0 Å². The molecule has 1 saturated heterocycles. The smallest absolute Gasteiger partial charge is 0.254 e. The third-order valence-electron chi connectivity index (χ3n) is 5.05. The topological polar surface area (TPSA) is 80.3 Å². The molecule has 1 aliphatic rings. The maximum Gasteiger partial charge on any atom is 0.254 e. The molecular formula is C23H27N3O5. The van der Waals surface area contributed by atoms with Crippen molar-refractivity contribution >= 4 is 23.2 Å². The number of nitrogens with zero attached hydrogens (tertiary/aromatic N) is 2. The summed E-state index contributed by atoms with van der Waals surface area (Å²) in [4.78, 5) is 28.7. The lowest BCUT2D eigenvalue weighted by Crippen LogP contribution is -2.48. The highest BCUT2D eigenvalue weighted by Crippen LogP contribution is 2.28. The standard InChI is InChI=1S/C23H27N3O5/c1-29-15-10-22(27)24-18-5-7-19(8-6-18)25-11-13-26(14-12-25)23(28)17-4-9-20(30-2)21(16-17)31-3/h4-10,15-16H,11-14H2,1-3H3,(H,24,27). The van der Waals surface area contributed by atoms with Crippen LogP contribution in [0, 0.1) is 0 Å². The van der Waals surface area contributed by atoms with Gasteiger partial charge in [-0.2, -0.15) is 0 Å². The number of rotatable bonds is 7. The van der Waals surface area contributed by atoms with Gasteiger partial charge in [-0.15, -0.1) is 0 Å². The molecule has 2 aromatic carbocycles. The van der Waals surface area contributed by atoms with Crippen molar-refractivity contribution in [3.05, 3.63) is 60.4 Å². The second-order valence-electron chi connectivity index (χ2n) is 6.92. The molecule has 3 rings (SSSR count). The maximum atomic E-state index is 12.9. The Bertz CT molecular complexity index is 935. The van der Waals surface area contributed by atoms with Crippen LogP contribution in [0.2, 0.25) is 0 Å². The van der Waals surface area contributed by atoms with Gasteiger partial charge in [0, 0.05) is 49.2 Å². The quantitative estimate of drug-likeness (QED) is 0.543. The highest BCUT2D eigenvalue weighted by atomic mass is 16.5. The van der Waals surface area contributed by atoms with Gasteiger partial charge in [0.1, 0.15) is 0 Å². The second-order valence-corrected chi connectivity index (χ2v) is 6.92. The van der Waals surface area contributed by atoms with Crippen LogP contribution in [0.3, 0.4) is 0 Å². The van der Waals surface area contributed by atoms with Crippen molar-refractivity contribution < 1.29 is 23.8 Å². The summed E-state index contributed by atoms with van der Waals surface area (Å²) in [5.41, 5.74) is 2.33. The molecule has 0 atom stereocenters. The van der Waals surface area contributed by atoms with Gasteiger partial charge in [0.25, 0.3) is 11.8 Å². The zero-order valence-electron chi connectivity index (χ0n) is 18.0. The van der Waals surface area contributed by atoms with Crippen LogP contribution in [0.25, 0.3) is 0 Å². The maximum absolute atomic E-state index is 12.9. The van der Waals surface area contributed by atoms with E-state index >= 15 is 0 Å². The summed E-state index contributed by atoms with van der Waals surface area (Å²) < 4.78 is 15.3. The molecule has 0 saturated carbocycles. The zero-order valence-corrected chi connectivity index (χ0v) is 18.0. The van der Waals surface area contributed by atoms with E-state index in [2.05, 4.69) is 10.2 Å². The van der Waals surface area contributed by atoms with Gasteiger partial charge in [0.15, 0.2) is 11.5 Å². The Kier molecular flexibility index (Phi) is 7.37. The van der Waals surface area contributed by atoms with Gasteiger partial charge in [0.05, 0.1) is 27.6 Å². The van der Waals surface area contributed by atoms with E-state index in [-0.39, 0.29) is 11.8 Å². The number of piperazine rings is 1. The van der Waals surface area contributed by atoms with Gasteiger partial charge >= 0.3 is 0 Å². The van der Waals surface area contributed by atoms with E-state index in [0.717, 1.165) is 18.8 Å². The number of carbonyl (C=O) groups excluding carboxylic acids is 2. The lowest BCUT2D eigenvalue weighted by Gasteiger charge is -2.36. The first-order valence-electron chi connectivity index (χ1n) is 9.92. The number of nitrogens with one attached hydrogen (secondary N) is 1. The van der Waals surface area contributed by atoms with Crippen LogP contribution < -0.4 is 19.7 Å². The van der Waals surface area contributed by atoms with Gasteiger partial charge in [-0.25, -0.2) is 0 Å². The number of ether oxygens (including phenoxy) is 3. The molecule has 0 aliphatic carbocycles. The predicted octanol–water partition coefficient (Wildman–Crippen LogP) is 2.76. The second kappa shape index (κ2) is 10.4. The predicted molar refractivity (Wildman–Crippen MR) is 119 cm³/mol. The van der Waals surface area contributed by atoms with Crippen LogP contribution >= 0.6 is 0 Å². The Morgan fingerprint density at radius 1 is 0.903 bits per heavy atom. The first kappa shape index (κ1) is 22.0. The number of benzene rings is 2. The number of hydrogen-bond donors (Lipinski definition) is 1. The average Bonchev–Trinajstić information content (AvgIpc) is 2.82. The molecule has 1 fully saturated rings. The van der Waals surface area contributed by atoms with Crippen LogP contribution in [0.1, 0.15) is 10.4 Å². The molecule has 8 nitrogen and oxygen atoms in total. The first-order chi connectivity index (χ1) is 15.0. The summed E-state index contributed by atoms with van der Waals surface area (Å²) in [5, 5.41) is 2.77. The normalized spacial score (nSPS) is 13.8. The third-order valence-corrected chi connectivity index (χ3v) is 5.05. The summed E-state index contributed by atoms with van der Waals surface area (Å²) in [6.07, 6.45) is 2.65. The molecular weight excluding hydrogens is 398 g/mol. The van der Waals surface area contributed by atoms with Gasteiger partial charge in [-0.05, 0) is 42.5 Å². The Morgan fingerprint density at radius 3 is 2.19 bits per heavy atom. The molecule has 0 radical (unpaired) electrons. The fraction of sp³-hybridized carbons (Fsp3) is 0.304. The Labute approximate surface area is 182 Å². The molecule has 1 heterocycles. The van der Waals surface area contributed by atoms with Gasteiger partial charge < -0.3 is 29.3 Å². The summed E-state index contributed by atoms with van der Waals surface area (Å²) >= 11 is 0. The molecule has 31 heavy (non-hydrogen) atoms. The van der Waals surface area contributed by atoms with Crippen molar-refractivity contribution in [3.63, 3.8) is 0 Å². The minimum absolute atomic E-state index is 0.0252. The van der Waals surface area contributed by atoms with E-state index in [1.54, 1.807) is 32.4 Å². The minimum Gasteiger partial charge on any atom is -0.504 e. The van der Waals surface area contributed by atoms with Gasteiger partial charge in [-0.1, -0.05) is 0 Å². The Morgan fingerprint density at radius 2 is 1.58 bits per heavy atom. The fourth-order valence-electron chi connectivity index (χ4n) is 3.39. The number of hydrogen-bond acceptors (Lipinski definition) is 6. The lowest BCUT2D eigenvalue weighted by atomic mass is 10.1. The summed E-state index contributed by atoms with van der Waals surface area (Å²) in [6, 6.07) is 12.8. The largest absolute Gasteiger partial charge is 0.504 e. The molecule has 0 spiro atoms. The van der Waals surface area contributed by atoms with Gasteiger partial charge in [0.2, 0.25) is 0 Å². The van der Waals surface area contributed by atoms with E-state index in [1.807, 2.05) is 29.2 Å². The molecule has 0 bridgehead atoms. The van der Waals surface area contributed by atoms with Crippen LogP contribution in [-0.2, 0) is 9.53 Å². The highest BCUT2D eigenvalue weighted by Gasteiger charge is 2.23. The van der Waals surface area contributed by atoms with E-state index in [1.165, 1.54) is 19.4 Å². The van der Waals surface area contributed by atoms with Crippen molar-refractivity contribution in [1.82, 2.24) is 4.90 Å². The summed E-state index contributed by atoms with van der Waals surface area (Å²) in [7, 11) is 4.61. The van der Waals surface area contributed by atoms with Crippen LogP contribution in [0.4, 0.5) is 11.4 Å². The average molecular weight is 425 g/mol. The monoisotopic (exact) mass is 425 g/mol. The number of methoxy groups -OCH3 is 3. The van der Waals surface area contributed by atoms with Crippen molar-refractivity contribution in [1.29, 1.82) is 0 Å². The fourth-order valence-corrected chi connectivity index (χ4v) is 3.39. The van der Waals surface area contributed by atoms with Gasteiger partial charge in [-0.3, -0.25) is 9.59 Å². The third kappa shape index (κ3) is 5.48. The van der Waals surface area contributed by atoms with E-state index in [4.69, 9.17) is 14.2 Å². The van der Waals surface area contributed by atoms with Crippen molar-refractivity contribution in [2.75, 3.05) is 57.7 Å². The van der Waals surface area contributed by atoms with Crippen molar-refractivity contribution in [2.45, 2.75) is 0 Å². The highest BCUT2D eigenvalue weighted by molar-refractivity contribution is 5.99. The van der Waals surface area contributed by atoms with E-state index in [0.29, 0.717) is 35.8 Å². The molecule has 164 valence electrons. The van der Waals surface area contributed by atoms with Crippen LogP contribution in [-0.4, -0.2) is 64.2 Å². The molecule has 1 N–H and O–H groups in total.